The molecular formula is C20H20O7. The Bertz CT molecular complexity index is 888. The fraction of sp³-hybridized carbons (Fsp3) is 0.300. The maximum absolute atomic E-state index is 12.3. The van der Waals surface area contributed by atoms with Gasteiger partial charge in [-0.2, -0.15) is 0 Å². The molecule has 0 spiro atoms. The highest BCUT2D eigenvalue weighted by atomic mass is 16.6. The van der Waals surface area contributed by atoms with Crippen LogP contribution in [0.3, 0.4) is 0 Å². The van der Waals surface area contributed by atoms with Crippen molar-refractivity contribution in [3.8, 4) is 23.0 Å². The summed E-state index contributed by atoms with van der Waals surface area (Å²) in [5.41, 5.74) is 1.79. The molecular weight excluding hydrogens is 352 g/mol. The van der Waals surface area contributed by atoms with Gasteiger partial charge in [0.25, 0.3) is 0 Å². The van der Waals surface area contributed by atoms with Gasteiger partial charge >= 0.3 is 11.9 Å². The minimum absolute atomic E-state index is 0.300. The second kappa shape index (κ2) is 7.57. The summed E-state index contributed by atoms with van der Waals surface area (Å²) in [7, 11) is 4.52. The van der Waals surface area contributed by atoms with Gasteiger partial charge in [-0.25, -0.2) is 4.79 Å². The van der Waals surface area contributed by atoms with E-state index in [1.54, 1.807) is 24.3 Å². The molecule has 0 amide bonds. The minimum atomic E-state index is -0.532. The summed E-state index contributed by atoms with van der Waals surface area (Å²) in [5.74, 6) is 0.803. The Morgan fingerprint density at radius 3 is 2.30 bits per heavy atom. The Morgan fingerprint density at radius 2 is 1.67 bits per heavy atom. The van der Waals surface area contributed by atoms with E-state index in [-0.39, 0.29) is 0 Å². The molecule has 0 saturated carbocycles. The molecule has 1 atom stereocenters. The molecule has 0 N–H and O–H groups in total. The quantitative estimate of drug-likeness (QED) is 0.569. The van der Waals surface area contributed by atoms with Gasteiger partial charge in [-0.05, 0) is 12.1 Å². The Hall–Kier alpha value is -3.22. The van der Waals surface area contributed by atoms with Crippen molar-refractivity contribution in [1.82, 2.24) is 0 Å². The molecule has 7 heteroatoms. The molecule has 3 rings (SSSR count). The number of benzene rings is 2. The van der Waals surface area contributed by atoms with E-state index in [2.05, 4.69) is 0 Å². The van der Waals surface area contributed by atoms with Crippen LogP contribution in [0.1, 0.15) is 34.5 Å². The molecule has 1 aliphatic rings. The SMILES string of the molecule is COc1cc(CC2OC(=O)c3c(OC)cccc32)c(OC(C)=O)cc1OC. The molecule has 2 aromatic carbocycles. The summed E-state index contributed by atoms with van der Waals surface area (Å²) < 4.78 is 26.7. The number of hydrogen-bond donors (Lipinski definition) is 0. The number of carbonyl (C=O) groups excluding carboxylic acids is 2. The largest absolute Gasteiger partial charge is 0.496 e. The monoisotopic (exact) mass is 372 g/mol. The van der Waals surface area contributed by atoms with Crippen LogP contribution in [-0.2, 0) is 16.0 Å². The van der Waals surface area contributed by atoms with Crippen molar-refractivity contribution in [2.75, 3.05) is 21.3 Å². The molecule has 0 aromatic heterocycles. The topological polar surface area (TPSA) is 80.3 Å². The highest BCUT2D eigenvalue weighted by Crippen LogP contribution is 2.41. The highest BCUT2D eigenvalue weighted by Gasteiger charge is 2.34. The molecule has 1 unspecified atom stereocenters. The van der Waals surface area contributed by atoms with Crippen LogP contribution in [0, 0.1) is 0 Å². The van der Waals surface area contributed by atoms with Crippen LogP contribution in [-0.4, -0.2) is 33.3 Å². The van der Waals surface area contributed by atoms with Crippen molar-refractivity contribution in [3.05, 3.63) is 47.0 Å². The van der Waals surface area contributed by atoms with Crippen LogP contribution in [0.4, 0.5) is 0 Å². The number of fused-ring (bicyclic) bond motifs is 1. The third kappa shape index (κ3) is 3.53. The fourth-order valence-corrected chi connectivity index (χ4v) is 3.12. The zero-order valence-corrected chi connectivity index (χ0v) is 15.5. The molecule has 0 radical (unpaired) electrons. The van der Waals surface area contributed by atoms with E-state index < -0.39 is 18.0 Å². The van der Waals surface area contributed by atoms with Gasteiger partial charge in [0.1, 0.15) is 23.2 Å². The molecule has 0 aliphatic carbocycles. The predicted octanol–water partition coefficient (Wildman–Crippen LogP) is 3.09. The van der Waals surface area contributed by atoms with Crippen LogP contribution in [0.5, 0.6) is 23.0 Å². The Kier molecular flexibility index (Phi) is 5.21. The van der Waals surface area contributed by atoms with E-state index in [9.17, 15) is 9.59 Å². The molecule has 7 nitrogen and oxygen atoms in total. The van der Waals surface area contributed by atoms with E-state index in [0.29, 0.717) is 40.5 Å². The van der Waals surface area contributed by atoms with Gasteiger partial charge in [0, 0.05) is 30.5 Å². The summed E-state index contributed by atoms with van der Waals surface area (Å²) in [6.45, 7) is 1.32. The first-order chi connectivity index (χ1) is 13.0. The molecule has 0 fully saturated rings. The second-order valence-electron chi connectivity index (χ2n) is 5.93. The Balaban J connectivity index is 2.01. The molecule has 1 heterocycles. The van der Waals surface area contributed by atoms with Crippen LogP contribution < -0.4 is 18.9 Å². The minimum Gasteiger partial charge on any atom is -0.496 e. The van der Waals surface area contributed by atoms with Crippen molar-refractivity contribution < 1.29 is 33.3 Å². The summed E-state index contributed by atoms with van der Waals surface area (Å²) in [6.07, 6.45) is -0.232. The van der Waals surface area contributed by atoms with E-state index in [0.717, 1.165) is 5.56 Å². The molecule has 0 saturated heterocycles. The van der Waals surface area contributed by atoms with Crippen molar-refractivity contribution in [3.63, 3.8) is 0 Å². The zero-order chi connectivity index (χ0) is 19.6. The number of methoxy groups -OCH3 is 3. The Labute approximate surface area is 156 Å². The van der Waals surface area contributed by atoms with Gasteiger partial charge in [0.2, 0.25) is 0 Å². The lowest BCUT2D eigenvalue weighted by molar-refractivity contribution is -0.131. The summed E-state index contributed by atoms with van der Waals surface area (Å²) in [5, 5.41) is 0. The molecule has 2 aromatic rings. The van der Waals surface area contributed by atoms with Crippen molar-refractivity contribution in [2.45, 2.75) is 19.4 Å². The first kappa shape index (κ1) is 18.6. The fourth-order valence-electron chi connectivity index (χ4n) is 3.12. The first-order valence-corrected chi connectivity index (χ1v) is 8.29. The van der Waals surface area contributed by atoms with E-state index in [4.69, 9.17) is 23.7 Å². The molecule has 0 bridgehead atoms. The smallest absolute Gasteiger partial charge is 0.342 e. The van der Waals surface area contributed by atoms with Gasteiger partial charge in [0.15, 0.2) is 11.5 Å². The summed E-state index contributed by atoms with van der Waals surface area (Å²) in [6, 6.07) is 8.62. The van der Waals surface area contributed by atoms with Crippen LogP contribution in [0.2, 0.25) is 0 Å². The van der Waals surface area contributed by atoms with Crippen LogP contribution in [0.25, 0.3) is 0 Å². The van der Waals surface area contributed by atoms with Crippen LogP contribution in [0.15, 0.2) is 30.3 Å². The predicted molar refractivity (Wildman–Crippen MR) is 95.7 cm³/mol. The molecule has 27 heavy (non-hydrogen) atoms. The zero-order valence-electron chi connectivity index (χ0n) is 15.5. The lowest BCUT2D eigenvalue weighted by Crippen LogP contribution is -2.08. The number of rotatable bonds is 6. The van der Waals surface area contributed by atoms with Crippen LogP contribution >= 0.6 is 0 Å². The van der Waals surface area contributed by atoms with Gasteiger partial charge in [0.05, 0.1) is 21.3 Å². The van der Waals surface area contributed by atoms with Gasteiger partial charge in [-0.15, -0.1) is 0 Å². The van der Waals surface area contributed by atoms with Gasteiger partial charge < -0.3 is 23.7 Å². The summed E-state index contributed by atoms with van der Waals surface area (Å²) >= 11 is 0. The highest BCUT2D eigenvalue weighted by molar-refractivity contribution is 5.97. The van der Waals surface area contributed by atoms with Crippen molar-refractivity contribution >= 4 is 11.9 Å². The average Bonchev–Trinajstić information content (AvgIpc) is 2.98. The van der Waals surface area contributed by atoms with Crippen molar-refractivity contribution in [1.29, 1.82) is 0 Å². The second-order valence-corrected chi connectivity index (χ2v) is 5.93. The maximum Gasteiger partial charge on any atom is 0.342 e. The summed E-state index contributed by atoms with van der Waals surface area (Å²) in [4.78, 5) is 23.8. The number of esters is 2. The Morgan fingerprint density at radius 1 is 1.00 bits per heavy atom. The van der Waals surface area contributed by atoms with Crippen molar-refractivity contribution in [2.24, 2.45) is 0 Å². The van der Waals surface area contributed by atoms with E-state index in [1.165, 1.54) is 28.3 Å². The normalized spacial score (nSPS) is 15.0. The van der Waals surface area contributed by atoms with E-state index in [1.807, 2.05) is 6.07 Å². The first-order valence-electron chi connectivity index (χ1n) is 8.29. The average molecular weight is 372 g/mol. The molecule has 1 aliphatic heterocycles. The number of hydrogen-bond acceptors (Lipinski definition) is 7. The van der Waals surface area contributed by atoms with E-state index >= 15 is 0 Å². The lowest BCUT2D eigenvalue weighted by Gasteiger charge is -2.17. The third-order valence-corrected chi connectivity index (χ3v) is 4.30. The standard InChI is InChI=1S/C20H20O7/c1-11(21)26-15-10-18(25-4)17(24-3)9-12(15)8-16-13-6-5-7-14(23-2)19(13)20(22)27-16/h5-7,9-10,16H,8H2,1-4H3. The number of cyclic esters (lactones) is 1. The van der Waals surface area contributed by atoms with Gasteiger partial charge in [-0.1, -0.05) is 12.1 Å². The van der Waals surface area contributed by atoms with Gasteiger partial charge in [-0.3, -0.25) is 4.79 Å². The molecule has 142 valence electrons. The number of ether oxygens (including phenoxy) is 5. The third-order valence-electron chi connectivity index (χ3n) is 4.30. The maximum atomic E-state index is 12.3. The lowest BCUT2D eigenvalue weighted by atomic mass is 9.98. The number of carbonyl (C=O) groups is 2.